The second-order valence-electron chi connectivity index (χ2n) is 3.48. The van der Waals surface area contributed by atoms with E-state index in [-0.39, 0.29) is 5.25 Å². The lowest BCUT2D eigenvalue weighted by atomic mass is 10.3. The fraction of sp³-hybridized carbons (Fsp3) is 0.875. The van der Waals surface area contributed by atoms with Crippen LogP contribution < -0.4 is 0 Å². The predicted molar refractivity (Wildman–Crippen MR) is 50.1 cm³/mol. The van der Waals surface area contributed by atoms with E-state index in [0.29, 0.717) is 5.92 Å². The van der Waals surface area contributed by atoms with Crippen LogP contribution in [0.25, 0.3) is 0 Å². The maximum absolute atomic E-state index is 11.6. The molecule has 0 aromatic rings. The molecule has 0 spiro atoms. The van der Waals surface area contributed by atoms with Gasteiger partial charge < -0.3 is 0 Å². The minimum Gasteiger partial charge on any atom is -0.268 e. The van der Waals surface area contributed by atoms with Gasteiger partial charge in [-0.1, -0.05) is 27.7 Å². The van der Waals surface area contributed by atoms with Crippen molar-refractivity contribution in [3.63, 3.8) is 0 Å². The number of hydrogen-bond donors (Lipinski definition) is 0. The van der Waals surface area contributed by atoms with E-state index in [9.17, 15) is 4.21 Å². The molecule has 0 aliphatic heterocycles. The molecule has 2 heteroatoms. The monoisotopic (exact) mass is 162 g/mol. The van der Waals surface area contributed by atoms with Crippen molar-refractivity contribution in [2.75, 3.05) is 5.75 Å². The Morgan fingerprint density at radius 1 is 1.30 bits per heavy atom. The number of rotatable bonds is 3. The molecule has 0 aromatic heterocycles. The fourth-order valence-corrected chi connectivity index (χ4v) is 2.27. The summed E-state index contributed by atoms with van der Waals surface area (Å²) in [5, 5.41) is 0.218. The van der Waals surface area contributed by atoms with Gasteiger partial charge in [-0.2, -0.15) is 0 Å². The summed E-state index contributed by atoms with van der Waals surface area (Å²) in [5.41, 5.74) is 0. The van der Waals surface area contributed by atoms with Gasteiger partial charge in [0.05, 0.1) is 0 Å². The van der Waals surface area contributed by atoms with Crippen molar-refractivity contribution in [1.82, 2.24) is 0 Å². The van der Waals surface area contributed by atoms with Gasteiger partial charge >= 0.3 is 0 Å². The van der Waals surface area contributed by atoms with Gasteiger partial charge in [0.15, 0.2) is 0 Å². The lowest BCUT2D eigenvalue weighted by molar-refractivity contribution is 0.656. The van der Waals surface area contributed by atoms with Gasteiger partial charge in [0, 0.05) is 11.0 Å². The van der Waals surface area contributed by atoms with Gasteiger partial charge in [0.1, 0.15) is 0 Å². The van der Waals surface area contributed by atoms with Crippen LogP contribution in [-0.2, 0) is 9.52 Å². The molecule has 0 radical (unpaired) electrons. The molecule has 1 nitrogen and oxygen atoms in total. The quantitative estimate of drug-likeness (QED) is 0.578. The summed E-state index contributed by atoms with van der Waals surface area (Å²) >= 11 is 0. The molecule has 62 valence electrons. The van der Waals surface area contributed by atoms with Crippen molar-refractivity contribution < 1.29 is 4.21 Å². The maximum atomic E-state index is 11.6. The molecular formula is C8H18OS. The molecule has 0 heterocycles. The fourth-order valence-electron chi connectivity index (χ4n) is 0.757. The smallest absolute Gasteiger partial charge is 0.0215 e. The largest absolute Gasteiger partial charge is 0.268 e. The first-order chi connectivity index (χ1) is 4.36. The van der Waals surface area contributed by atoms with Crippen LogP contribution in [-0.4, -0.2) is 21.1 Å². The Morgan fingerprint density at radius 2 is 1.70 bits per heavy atom. The summed E-state index contributed by atoms with van der Waals surface area (Å²) in [7, 11) is -1.80. The minimum absolute atomic E-state index is 0.218. The minimum atomic E-state index is -1.80. The van der Waals surface area contributed by atoms with Crippen LogP contribution in [0.3, 0.4) is 0 Å². The molecule has 10 heavy (non-hydrogen) atoms. The van der Waals surface area contributed by atoms with Crippen molar-refractivity contribution >= 4 is 15.4 Å². The molecule has 0 aliphatic carbocycles. The van der Waals surface area contributed by atoms with Crippen LogP contribution in [0, 0.1) is 5.92 Å². The molecule has 1 unspecified atom stereocenters. The molecule has 1 atom stereocenters. The van der Waals surface area contributed by atoms with E-state index < -0.39 is 9.52 Å². The first-order valence-electron chi connectivity index (χ1n) is 3.70. The molecule has 0 bridgehead atoms. The van der Waals surface area contributed by atoms with Crippen molar-refractivity contribution in [3.8, 4) is 0 Å². The molecule has 0 saturated heterocycles. The predicted octanol–water partition coefficient (Wildman–Crippen LogP) is 1.77. The second-order valence-corrected chi connectivity index (χ2v) is 6.49. The molecule has 0 rings (SSSR count). The van der Waals surface area contributed by atoms with Crippen molar-refractivity contribution in [1.29, 1.82) is 0 Å². The summed E-state index contributed by atoms with van der Waals surface area (Å²) in [5.74, 6) is 4.99. The van der Waals surface area contributed by atoms with E-state index in [0.717, 1.165) is 5.75 Å². The Morgan fingerprint density at radius 3 is 1.80 bits per heavy atom. The normalized spacial score (nSPS) is 17.8. The van der Waals surface area contributed by atoms with E-state index in [1.807, 2.05) is 13.8 Å². The van der Waals surface area contributed by atoms with Gasteiger partial charge in [-0.15, -0.1) is 0 Å². The third-order valence-corrected chi connectivity index (χ3v) is 4.42. The van der Waals surface area contributed by atoms with Gasteiger partial charge in [0.2, 0.25) is 0 Å². The third kappa shape index (κ3) is 3.25. The van der Waals surface area contributed by atoms with E-state index >= 15 is 0 Å². The van der Waals surface area contributed by atoms with Crippen molar-refractivity contribution in [3.05, 3.63) is 0 Å². The standard InChI is InChI=1S/C8H18OS/c1-7(2)6-10(5,9)8(3)4/h7-8H,5-6H2,1-4H3. The zero-order chi connectivity index (χ0) is 8.36. The highest BCUT2D eigenvalue weighted by Gasteiger charge is 2.10. The lowest BCUT2D eigenvalue weighted by Crippen LogP contribution is -2.20. The van der Waals surface area contributed by atoms with Gasteiger partial charge in [-0.3, -0.25) is 4.21 Å². The van der Waals surface area contributed by atoms with E-state index in [4.69, 9.17) is 0 Å². The SMILES string of the molecule is C=S(=O)(CC(C)C)C(C)C. The highest BCUT2D eigenvalue weighted by atomic mass is 32.2. The van der Waals surface area contributed by atoms with Gasteiger partial charge in [0.25, 0.3) is 0 Å². The first-order valence-corrected chi connectivity index (χ1v) is 5.66. The van der Waals surface area contributed by atoms with Gasteiger partial charge in [-0.25, -0.2) is 0 Å². The summed E-state index contributed by atoms with van der Waals surface area (Å²) in [6, 6.07) is 0. The zero-order valence-electron chi connectivity index (χ0n) is 7.39. The average Bonchev–Trinajstić information content (AvgIpc) is 1.60. The van der Waals surface area contributed by atoms with Crippen LogP contribution in [0.15, 0.2) is 0 Å². The Kier molecular flexibility index (Phi) is 3.43. The molecular weight excluding hydrogens is 144 g/mol. The van der Waals surface area contributed by atoms with Crippen LogP contribution in [0.1, 0.15) is 27.7 Å². The third-order valence-electron chi connectivity index (χ3n) is 1.47. The van der Waals surface area contributed by atoms with Gasteiger partial charge in [-0.05, 0) is 21.3 Å². The summed E-state index contributed by atoms with van der Waals surface area (Å²) in [6.07, 6.45) is 0. The summed E-state index contributed by atoms with van der Waals surface area (Å²) < 4.78 is 11.6. The van der Waals surface area contributed by atoms with E-state index in [1.165, 1.54) is 0 Å². The molecule has 0 aliphatic rings. The molecule has 0 N–H and O–H groups in total. The summed E-state index contributed by atoms with van der Waals surface area (Å²) in [6.45, 7) is 8.09. The highest BCUT2D eigenvalue weighted by molar-refractivity contribution is 8.00. The molecule has 0 amide bonds. The molecule has 0 aromatic carbocycles. The van der Waals surface area contributed by atoms with Crippen LogP contribution in [0.4, 0.5) is 0 Å². The zero-order valence-corrected chi connectivity index (χ0v) is 8.20. The first kappa shape index (κ1) is 10.0. The van der Waals surface area contributed by atoms with E-state index in [1.54, 1.807) is 0 Å². The second kappa shape index (κ2) is 3.42. The number of hydrogen-bond acceptors (Lipinski definition) is 1. The highest BCUT2D eigenvalue weighted by Crippen LogP contribution is 2.05. The van der Waals surface area contributed by atoms with Crippen LogP contribution >= 0.6 is 0 Å². The summed E-state index contributed by atoms with van der Waals surface area (Å²) in [4.78, 5) is 0. The average molecular weight is 162 g/mol. The Labute approximate surface area is 64.8 Å². The molecule has 0 fully saturated rings. The molecule has 0 saturated carbocycles. The van der Waals surface area contributed by atoms with E-state index in [2.05, 4.69) is 19.7 Å². The maximum Gasteiger partial charge on any atom is 0.0215 e. The topological polar surface area (TPSA) is 17.1 Å². The van der Waals surface area contributed by atoms with Crippen LogP contribution in [0.2, 0.25) is 0 Å². The lowest BCUT2D eigenvalue weighted by Gasteiger charge is -2.14. The Balaban J connectivity index is 4.16. The Hall–Kier alpha value is 0.0200. The van der Waals surface area contributed by atoms with Crippen molar-refractivity contribution in [2.45, 2.75) is 32.9 Å². The van der Waals surface area contributed by atoms with Crippen molar-refractivity contribution in [2.24, 2.45) is 5.92 Å². The van der Waals surface area contributed by atoms with Crippen LogP contribution in [0.5, 0.6) is 0 Å². The Bertz CT molecular complexity index is 175.